The maximum absolute atomic E-state index is 12.6. The van der Waals surface area contributed by atoms with Crippen LogP contribution in [0, 0.1) is 5.92 Å². The van der Waals surface area contributed by atoms with Gasteiger partial charge in [0.15, 0.2) is 0 Å². The molecule has 0 atom stereocenters. The lowest BCUT2D eigenvalue weighted by molar-refractivity contribution is -0.140. The number of nitrogens with one attached hydrogen (secondary N) is 1. The van der Waals surface area contributed by atoms with Crippen LogP contribution in [0.2, 0.25) is 0 Å². The molecule has 2 aliphatic rings. The summed E-state index contributed by atoms with van der Waals surface area (Å²) in [6.45, 7) is 5.14. The minimum atomic E-state index is -0.822. The highest BCUT2D eigenvalue weighted by Crippen LogP contribution is 2.33. The van der Waals surface area contributed by atoms with E-state index < -0.39 is 11.7 Å². The first kappa shape index (κ1) is 19.7. The molecular formula is C21H30N2O4. The smallest absolute Gasteiger partial charge is 0.407 e. The van der Waals surface area contributed by atoms with Gasteiger partial charge in [-0.1, -0.05) is 24.3 Å². The molecule has 1 aliphatic heterocycles. The van der Waals surface area contributed by atoms with Crippen LogP contribution in [-0.4, -0.2) is 48.2 Å². The molecule has 0 radical (unpaired) electrons. The van der Waals surface area contributed by atoms with Gasteiger partial charge in [-0.15, -0.1) is 0 Å². The van der Waals surface area contributed by atoms with E-state index in [4.69, 9.17) is 0 Å². The molecule has 1 saturated carbocycles. The van der Waals surface area contributed by atoms with Crippen molar-refractivity contribution in [3.8, 4) is 0 Å². The number of piperidine rings is 1. The molecule has 1 heterocycles. The van der Waals surface area contributed by atoms with Crippen molar-refractivity contribution in [2.24, 2.45) is 5.92 Å². The summed E-state index contributed by atoms with van der Waals surface area (Å²) in [6, 6.07) is 8.25. The van der Waals surface area contributed by atoms with Gasteiger partial charge in [0.05, 0.1) is 12.7 Å². The predicted molar refractivity (Wildman–Crippen MR) is 102 cm³/mol. The van der Waals surface area contributed by atoms with E-state index in [-0.39, 0.29) is 17.9 Å². The van der Waals surface area contributed by atoms with Gasteiger partial charge in [0.2, 0.25) is 5.91 Å². The molecule has 2 N–H and O–H groups in total. The van der Waals surface area contributed by atoms with Crippen LogP contribution in [0.1, 0.15) is 56.6 Å². The molecule has 0 spiro atoms. The molecule has 1 aromatic carbocycles. The summed E-state index contributed by atoms with van der Waals surface area (Å²) in [6.07, 6.45) is 2.90. The maximum atomic E-state index is 12.6. The number of hydrogen-bond donors (Lipinski definition) is 2. The van der Waals surface area contributed by atoms with Gasteiger partial charge in [-0.25, -0.2) is 4.79 Å². The second kappa shape index (κ2) is 7.89. The lowest BCUT2D eigenvalue weighted by Crippen LogP contribution is -2.51. The average Bonchev–Trinajstić information content (AvgIpc) is 2.63. The van der Waals surface area contributed by atoms with Crippen molar-refractivity contribution in [1.82, 2.24) is 10.2 Å². The number of likely N-dealkylation sites (tertiary alicyclic amines) is 1. The van der Waals surface area contributed by atoms with Crippen molar-refractivity contribution in [3.05, 3.63) is 35.4 Å². The van der Waals surface area contributed by atoms with Crippen LogP contribution in [0.3, 0.4) is 0 Å². The van der Waals surface area contributed by atoms with E-state index in [1.165, 1.54) is 12.7 Å². The van der Waals surface area contributed by atoms with Crippen LogP contribution < -0.4 is 5.32 Å². The minimum Gasteiger partial charge on any atom is -0.453 e. The number of nitrogens with zero attached hydrogens (tertiary/aromatic N) is 1. The Balaban J connectivity index is 1.46. The Morgan fingerprint density at radius 1 is 1.15 bits per heavy atom. The molecule has 0 unspecified atom stereocenters. The fraction of sp³-hybridized carbons (Fsp3) is 0.619. The van der Waals surface area contributed by atoms with Crippen molar-refractivity contribution >= 4 is 12.0 Å². The zero-order valence-electron chi connectivity index (χ0n) is 16.4. The zero-order valence-corrected chi connectivity index (χ0v) is 16.4. The summed E-state index contributed by atoms with van der Waals surface area (Å²) in [7, 11) is 1.35. The number of ether oxygens (including phenoxy) is 1. The maximum Gasteiger partial charge on any atom is 0.407 e. The Bertz CT molecular complexity index is 666. The van der Waals surface area contributed by atoms with Crippen molar-refractivity contribution < 1.29 is 19.4 Å². The number of carbonyl (C=O) groups excluding carboxylic acids is 2. The third kappa shape index (κ3) is 4.61. The molecule has 6 nitrogen and oxygen atoms in total. The lowest BCUT2D eigenvalue weighted by atomic mass is 9.78. The first-order chi connectivity index (χ1) is 12.8. The number of carbonyl (C=O) groups is 2. The SMILES string of the molecule is COC(=O)NC1CC(C(=O)N2CCC(c3ccc(C(C)(C)O)cc3)CC2)C1. The summed E-state index contributed by atoms with van der Waals surface area (Å²) < 4.78 is 4.59. The third-order valence-corrected chi connectivity index (χ3v) is 5.89. The summed E-state index contributed by atoms with van der Waals surface area (Å²) in [4.78, 5) is 25.8. The van der Waals surface area contributed by atoms with Crippen LogP contribution in [0.4, 0.5) is 4.79 Å². The number of methoxy groups -OCH3 is 1. The summed E-state index contributed by atoms with van der Waals surface area (Å²) in [5, 5.41) is 12.8. The molecule has 148 valence electrons. The fourth-order valence-electron chi connectivity index (χ4n) is 4.02. The topological polar surface area (TPSA) is 78.9 Å². The number of rotatable bonds is 4. The Kier molecular flexibility index (Phi) is 5.75. The van der Waals surface area contributed by atoms with Gasteiger partial charge >= 0.3 is 6.09 Å². The molecule has 3 rings (SSSR count). The van der Waals surface area contributed by atoms with Crippen molar-refractivity contribution in [1.29, 1.82) is 0 Å². The highest BCUT2D eigenvalue weighted by molar-refractivity contribution is 5.80. The molecule has 27 heavy (non-hydrogen) atoms. The molecule has 1 aliphatic carbocycles. The highest BCUT2D eigenvalue weighted by Gasteiger charge is 2.38. The van der Waals surface area contributed by atoms with E-state index >= 15 is 0 Å². The van der Waals surface area contributed by atoms with Crippen molar-refractivity contribution in [3.63, 3.8) is 0 Å². The van der Waals surface area contributed by atoms with E-state index in [9.17, 15) is 14.7 Å². The first-order valence-electron chi connectivity index (χ1n) is 9.74. The summed E-state index contributed by atoms with van der Waals surface area (Å²) in [5.74, 6) is 0.698. The zero-order chi connectivity index (χ0) is 19.6. The highest BCUT2D eigenvalue weighted by atomic mass is 16.5. The van der Waals surface area contributed by atoms with Crippen LogP contribution >= 0.6 is 0 Å². The van der Waals surface area contributed by atoms with Crippen LogP contribution in [-0.2, 0) is 15.1 Å². The Morgan fingerprint density at radius 2 is 1.74 bits per heavy atom. The lowest BCUT2D eigenvalue weighted by Gasteiger charge is -2.40. The molecule has 1 saturated heterocycles. The van der Waals surface area contributed by atoms with Gasteiger partial charge in [-0.05, 0) is 56.6 Å². The number of aliphatic hydroxyl groups is 1. The van der Waals surface area contributed by atoms with Crippen LogP contribution in [0.15, 0.2) is 24.3 Å². The van der Waals surface area contributed by atoms with Gasteiger partial charge in [0.1, 0.15) is 0 Å². The molecule has 6 heteroatoms. The first-order valence-corrected chi connectivity index (χ1v) is 9.74. The standard InChI is InChI=1S/C21H30N2O4/c1-21(2,26)17-6-4-14(5-7-17)15-8-10-23(11-9-15)19(24)16-12-18(13-16)22-20(25)27-3/h4-7,15-16,18,26H,8-13H2,1-3H3,(H,22,25). The van der Waals surface area contributed by atoms with Gasteiger partial charge in [-0.2, -0.15) is 0 Å². The predicted octanol–water partition coefficient (Wildman–Crippen LogP) is 2.75. The van der Waals surface area contributed by atoms with E-state index in [1.807, 2.05) is 17.0 Å². The van der Waals surface area contributed by atoms with Gasteiger partial charge in [0.25, 0.3) is 0 Å². The molecule has 0 bridgehead atoms. The van der Waals surface area contributed by atoms with Crippen molar-refractivity contribution in [2.75, 3.05) is 20.2 Å². The van der Waals surface area contributed by atoms with Crippen molar-refractivity contribution in [2.45, 2.75) is 57.1 Å². The Morgan fingerprint density at radius 3 is 2.26 bits per heavy atom. The van der Waals surface area contributed by atoms with Crippen LogP contribution in [0.5, 0.6) is 0 Å². The van der Waals surface area contributed by atoms with Gasteiger partial charge in [-0.3, -0.25) is 4.79 Å². The third-order valence-electron chi connectivity index (χ3n) is 5.89. The number of hydrogen-bond acceptors (Lipinski definition) is 4. The molecule has 2 fully saturated rings. The normalized spacial score (nSPS) is 23.5. The molecule has 0 aromatic heterocycles. The van der Waals surface area contributed by atoms with Crippen LogP contribution in [0.25, 0.3) is 0 Å². The van der Waals surface area contributed by atoms with E-state index in [1.54, 1.807) is 13.8 Å². The monoisotopic (exact) mass is 374 g/mol. The Hall–Kier alpha value is -2.08. The number of amides is 2. The molecule has 2 amide bonds. The largest absolute Gasteiger partial charge is 0.453 e. The second-order valence-corrected chi connectivity index (χ2v) is 8.28. The van der Waals surface area contributed by atoms with Gasteiger partial charge < -0.3 is 20.1 Å². The van der Waals surface area contributed by atoms with E-state index in [0.29, 0.717) is 18.8 Å². The number of benzene rings is 1. The number of alkyl carbamates (subject to hydrolysis) is 1. The molecular weight excluding hydrogens is 344 g/mol. The summed E-state index contributed by atoms with van der Waals surface area (Å²) >= 11 is 0. The van der Waals surface area contributed by atoms with E-state index in [2.05, 4.69) is 22.2 Å². The summed E-state index contributed by atoms with van der Waals surface area (Å²) in [5.41, 5.74) is 1.37. The molecule has 1 aromatic rings. The quantitative estimate of drug-likeness (QED) is 0.849. The Labute approximate surface area is 160 Å². The van der Waals surface area contributed by atoms with E-state index in [0.717, 1.165) is 31.5 Å². The van der Waals surface area contributed by atoms with Gasteiger partial charge in [0, 0.05) is 25.0 Å². The second-order valence-electron chi connectivity index (χ2n) is 8.28. The average molecular weight is 374 g/mol. The minimum absolute atomic E-state index is 0.0229. The fourth-order valence-corrected chi connectivity index (χ4v) is 4.02.